The van der Waals surface area contributed by atoms with Gasteiger partial charge in [0.25, 0.3) is 0 Å². The Balaban J connectivity index is 3.06. The zero-order chi connectivity index (χ0) is 13.9. The van der Waals surface area contributed by atoms with Crippen molar-refractivity contribution in [3.05, 3.63) is 23.2 Å². The molecule has 100 valence electrons. The first-order valence-electron chi connectivity index (χ1n) is 4.93. The van der Waals surface area contributed by atoms with Gasteiger partial charge in [-0.25, -0.2) is 8.42 Å². The van der Waals surface area contributed by atoms with Crippen LogP contribution in [0.3, 0.4) is 0 Å². The van der Waals surface area contributed by atoms with E-state index >= 15 is 0 Å². The van der Waals surface area contributed by atoms with Gasteiger partial charge >= 0.3 is 0 Å². The van der Waals surface area contributed by atoms with Crippen molar-refractivity contribution in [2.24, 2.45) is 5.73 Å². The van der Waals surface area contributed by atoms with Crippen molar-refractivity contribution in [2.45, 2.75) is 17.9 Å². The van der Waals surface area contributed by atoms with Gasteiger partial charge in [0, 0.05) is 0 Å². The third-order valence-electron chi connectivity index (χ3n) is 2.19. The number of nitrogens with two attached hydrogens (primary N) is 1. The molecule has 0 aromatic heterocycles. The molecule has 0 aliphatic rings. The van der Waals surface area contributed by atoms with Gasteiger partial charge in [-0.15, -0.1) is 0 Å². The van der Waals surface area contributed by atoms with E-state index in [0.717, 1.165) is 0 Å². The first kappa shape index (κ1) is 14.7. The van der Waals surface area contributed by atoms with Gasteiger partial charge in [-0.05, 0) is 25.1 Å². The second-order valence-electron chi connectivity index (χ2n) is 3.54. The number of halogens is 1. The lowest BCUT2D eigenvalue weighted by Crippen LogP contribution is -2.42. The Morgan fingerprint density at radius 2 is 2.11 bits per heavy atom. The van der Waals surface area contributed by atoms with Gasteiger partial charge in [-0.1, -0.05) is 11.6 Å². The first-order chi connectivity index (χ1) is 8.27. The van der Waals surface area contributed by atoms with Crippen LogP contribution in [-0.4, -0.2) is 27.5 Å². The molecule has 0 fully saturated rings. The Morgan fingerprint density at radius 1 is 1.50 bits per heavy atom. The smallest absolute Gasteiger partial charge is 0.241 e. The van der Waals surface area contributed by atoms with E-state index in [1.54, 1.807) is 0 Å². The number of methoxy groups -OCH3 is 1. The molecule has 1 aromatic rings. The van der Waals surface area contributed by atoms with Crippen molar-refractivity contribution in [2.75, 3.05) is 7.11 Å². The summed E-state index contributed by atoms with van der Waals surface area (Å²) < 4.78 is 30.8. The van der Waals surface area contributed by atoms with Crippen LogP contribution < -0.4 is 15.2 Å². The molecular formula is C10H13ClN2O4S. The minimum absolute atomic E-state index is 0.0681. The van der Waals surface area contributed by atoms with Crippen LogP contribution in [0, 0.1) is 0 Å². The van der Waals surface area contributed by atoms with Crippen LogP contribution in [-0.2, 0) is 14.8 Å². The summed E-state index contributed by atoms with van der Waals surface area (Å²) in [5.74, 6) is -0.406. The van der Waals surface area contributed by atoms with Crippen molar-refractivity contribution in [3.63, 3.8) is 0 Å². The molecule has 1 amide bonds. The topological polar surface area (TPSA) is 98.5 Å². The number of hydrogen-bond donors (Lipinski definition) is 2. The summed E-state index contributed by atoms with van der Waals surface area (Å²) in [7, 11) is -2.42. The fraction of sp³-hybridized carbons (Fsp3) is 0.300. The summed E-state index contributed by atoms with van der Waals surface area (Å²) in [5.41, 5.74) is 4.98. The molecule has 0 heterocycles. The normalized spacial score (nSPS) is 13.1. The standard InChI is InChI=1S/C10H13ClN2O4S/c1-6(10(12)14)13-18(15,16)7-3-4-9(17-2)8(11)5-7/h3-6,13H,1-2H3,(H2,12,14). The average Bonchev–Trinajstić information content (AvgIpc) is 2.28. The highest BCUT2D eigenvalue weighted by Crippen LogP contribution is 2.26. The Bertz CT molecular complexity index is 559. The Labute approximate surface area is 110 Å². The van der Waals surface area contributed by atoms with Gasteiger partial charge in [0.15, 0.2) is 0 Å². The van der Waals surface area contributed by atoms with Crippen molar-refractivity contribution < 1.29 is 17.9 Å². The number of rotatable bonds is 5. The SMILES string of the molecule is COc1ccc(S(=O)(=O)NC(C)C(N)=O)cc1Cl. The van der Waals surface area contributed by atoms with E-state index in [2.05, 4.69) is 4.72 Å². The summed E-state index contributed by atoms with van der Waals surface area (Å²) in [6.07, 6.45) is 0. The zero-order valence-electron chi connectivity index (χ0n) is 9.81. The van der Waals surface area contributed by atoms with Crippen molar-refractivity contribution in [1.29, 1.82) is 0 Å². The summed E-state index contributed by atoms with van der Waals surface area (Å²) in [5, 5.41) is 0.159. The van der Waals surface area contributed by atoms with Gasteiger partial charge in [-0.3, -0.25) is 4.79 Å². The fourth-order valence-corrected chi connectivity index (χ4v) is 2.73. The van der Waals surface area contributed by atoms with Crippen molar-refractivity contribution >= 4 is 27.5 Å². The molecule has 0 spiro atoms. The fourth-order valence-electron chi connectivity index (χ4n) is 1.17. The molecule has 0 bridgehead atoms. The van der Waals surface area contributed by atoms with Crippen LogP contribution in [0.1, 0.15) is 6.92 Å². The highest BCUT2D eigenvalue weighted by atomic mass is 35.5. The van der Waals surface area contributed by atoms with Gasteiger partial charge in [-0.2, -0.15) is 4.72 Å². The number of nitrogens with one attached hydrogen (secondary N) is 1. The Hall–Kier alpha value is -1.31. The largest absolute Gasteiger partial charge is 0.495 e. The van der Waals surface area contributed by atoms with Crippen LogP contribution in [0.2, 0.25) is 5.02 Å². The van der Waals surface area contributed by atoms with Gasteiger partial charge in [0.2, 0.25) is 15.9 Å². The number of ether oxygens (including phenoxy) is 1. The lowest BCUT2D eigenvalue weighted by Gasteiger charge is -2.12. The lowest BCUT2D eigenvalue weighted by molar-refractivity contribution is -0.119. The molecule has 0 saturated carbocycles. The highest BCUT2D eigenvalue weighted by molar-refractivity contribution is 7.89. The average molecular weight is 293 g/mol. The number of benzene rings is 1. The molecule has 6 nitrogen and oxygen atoms in total. The van der Waals surface area contributed by atoms with E-state index in [4.69, 9.17) is 22.1 Å². The second kappa shape index (κ2) is 5.55. The van der Waals surface area contributed by atoms with Crippen LogP contribution >= 0.6 is 11.6 Å². The molecule has 0 radical (unpaired) electrons. The van der Waals surface area contributed by atoms with Crippen LogP contribution in [0.4, 0.5) is 0 Å². The van der Waals surface area contributed by atoms with E-state index in [0.29, 0.717) is 5.75 Å². The van der Waals surface area contributed by atoms with Crippen LogP contribution in [0.5, 0.6) is 5.75 Å². The summed E-state index contributed by atoms with van der Waals surface area (Å²) >= 11 is 5.83. The first-order valence-corrected chi connectivity index (χ1v) is 6.79. The Morgan fingerprint density at radius 3 is 2.56 bits per heavy atom. The minimum Gasteiger partial charge on any atom is -0.495 e. The van der Waals surface area contributed by atoms with Crippen molar-refractivity contribution in [1.82, 2.24) is 4.72 Å². The number of sulfonamides is 1. The molecule has 18 heavy (non-hydrogen) atoms. The van der Waals surface area contributed by atoms with Crippen LogP contribution in [0.15, 0.2) is 23.1 Å². The third-order valence-corrected chi connectivity index (χ3v) is 4.03. The quantitative estimate of drug-likeness (QED) is 0.825. The molecule has 1 rings (SSSR count). The molecule has 3 N–H and O–H groups in total. The van der Waals surface area contributed by atoms with Crippen LogP contribution in [0.25, 0.3) is 0 Å². The lowest BCUT2D eigenvalue weighted by atomic mass is 10.3. The number of carbonyl (C=O) groups excluding carboxylic acids is 1. The maximum absolute atomic E-state index is 11.9. The van der Waals surface area contributed by atoms with E-state index in [1.807, 2.05) is 0 Å². The molecule has 0 aliphatic carbocycles. The number of hydrogen-bond acceptors (Lipinski definition) is 4. The second-order valence-corrected chi connectivity index (χ2v) is 5.66. The van der Waals surface area contributed by atoms with E-state index < -0.39 is 22.0 Å². The summed E-state index contributed by atoms with van der Waals surface area (Å²) in [6.45, 7) is 1.35. The molecule has 1 aromatic carbocycles. The molecular weight excluding hydrogens is 280 g/mol. The summed E-state index contributed by atoms with van der Waals surface area (Å²) in [6, 6.07) is 2.97. The van der Waals surface area contributed by atoms with Crippen molar-refractivity contribution in [3.8, 4) is 5.75 Å². The molecule has 1 atom stereocenters. The molecule has 0 aliphatic heterocycles. The molecule has 0 saturated heterocycles. The maximum Gasteiger partial charge on any atom is 0.241 e. The minimum atomic E-state index is -3.84. The zero-order valence-corrected chi connectivity index (χ0v) is 11.4. The maximum atomic E-state index is 11.9. The summed E-state index contributed by atoms with van der Waals surface area (Å²) in [4.78, 5) is 10.8. The molecule has 1 unspecified atom stereocenters. The van der Waals surface area contributed by atoms with E-state index in [-0.39, 0.29) is 9.92 Å². The van der Waals surface area contributed by atoms with Gasteiger partial charge < -0.3 is 10.5 Å². The molecule has 8 heteroatoms. The van der Waals surface area contributed by atoms with Gasteiger partial charge in [0.05, 0.1) is 23.1 Å². The monoisotopic (exact) mass is 292 g/mol. The Kier molecular flexibility index (Phi) is 4.55. The van der Waals surface area contributed by atoms with E-state index in [1.165, 1.54) is 32.2 Å². The number of primary amides is 1. The predicted molar refractivity (Wildman–Crippen MR) is 67.0 cm³/mol. The predicted octanol–water partition coefficient (Wildman–Crippen LogP) is 0.501. The van der Waals surface area contributed by atoms with E-state index in [9.17, 15) is 13.2 Å². The van der Waals surface area contributed by atoms with Gasteiger partial charge in [0.1, 0.15) is 5.75 Å². The number of amides is 1. The third kappa shape index (κ3) is 3.34. The highest BCUT2D eigenvalue weighted by Gasteiger charge is 2.21. The number of carbonyl (C=O) groups is 1.